The molecular weight excluding hydrogens is 212 g/mol. The van der Waals surface area contributed by atoms with Gasteiger partial charge in [0.15, 0.2) is 0 Å². The zero-order valence-corrected chi connectivity index (χ0v) is 11.5. The normalized spacial score (nSPS) is 36.0. The minimum absolute atomic E-state index is 0.525. The van der Waals surface area contributed by atoms with E-state index in [1.54, 1.807) is 0 Å². The molecule has 2 unspecified atom stereocenters. The molecule has 1 N–H and O–H groups in total. The highest BCUT2D eigenvalue weighted by atomic mass is 16.5. The Morgan fingerprint density at radius 3 is 2.35 bits per heavy atom. The Hall–Kier alpha value is -0.120. The molecule has 100 valence electrons. The molecule has 0 amide bonds. The molecule has 2 aliphatic rings. The predicted octanol–water partition coefficient (Wildman–Crippen LogP) is 1.73. The molecule has 1 aliphatic heterocycles. The molecule has 0 bridgehead atoms. The Kier molecular flexibility index (Phi) is 5.26. The van der Waals surface area contributed by atoms with Crippen molar-refractivity contribution in [3.63, 3.8) is 0 Å². The van der Waals surface area contributed by atoms with Gasteiger partial charge in [-0.25, -0.2) is 0 Å². The van der Waals surface area contributed by atoms with E-state index in [0.29, 0.717) is 6.10 Å². The van der Waals surface area contributed by atoms with Gasteiger partial charge in [0.1, 0.15) is 0 Å². The second kappa shape index (κ2) is 6.72. The summed E-state index contributed by atoms with van der Waals surface area (Å²) in [5, 5.41) is 3.38. The summed E-state index contributed by atoms with van der Waals surface area (Å²) in [6.45, 7) is 11.4. The van der Waals surface area contributed by atoms with E-state index >= 15 is 0 Å². The summed E-state index contributed by atoms with van der Waals surface area (Å²) in [4.78, 5) is 2.51. The molecule has 1 heterocycles. The van der Waals surface area contributed by atoms with E-state index in [9.17, 15) is 0 Å². The third-order valence-electron chi connectivity index (χ3n) is 4.11. The van der Waals surface area contributed by atoms with E-state index in [1.165, 1.54) is 32.4 Å². The van der Waals surface area contributed by atoms with Crippen molar-refractivity contribution in [1.29, 1.82) is 0 Å². The summed E-state index contributed by atoms with van der Waals surface area (Å²) < 4.78 is 6.06. The Morgan fingerprint density at radius 2 is 1.71 bits per heavy atom. The van der Waals surface area contributed by atoms with Crippen LogP contribution in [0, 0.1) is 11.8 Å². The zero-order chi connectivity index (χ0) is 12.1. The van der Waals surface area contributed by atoms with Gasteiger partial charge in [-0.15, -0.1) is 0 Å². The van der Waals surface area contributed by atoms with Crippen LogP contribution in [0.2, 0.25) is 0 Å². The van der Waals surface area contributed by atoms with E-state index in [-0.39, 0.29) is 0 Å². The van der Waals surface area contributed by atoms with Crippen LogP contribution in [0.1, 0.15) is 33.1 Å². The molecule has 3 nitrogen and oxygen atoms in total. The van der Waals surface area contributed by atoms with Crippen LogP contribution >= 0.6 is 0 Å². The summed E-state index contributed by atoms with van der Waals surface area (Å²) in [6.07, 6.45) is 4.45. The molecule has 2 atom stereocenters. The van der Waals surface area contributed by atoms with Crippen molar-refractivity contribution in [2.75, 3.05) is 39.3 Å². The largest absolute Gasteiger partial charge is 0.377 e. The molecule has 1 saturated heterocycles. The molecule has 2 fully saturated rings. The first-order chi connectivity index (χ1) is 8.24. The van der Waals surface area contributed by atoms with Crippen molar-refractivity contribution < 1.29 is 4.74 Å². The molecule has 2 rings (SSSR count). The monoisotopic (exact) mass is 240 g/mol. The van der Waals surface area contributed by atoms with Crippen molar-refractivity contribution in [3.05, 3.63) is 0 Å². The Morgan fingerprint density at radius 1 is 1.06 bits per heavy atom. The molecule has 1 saturated carbocycles. The van der Waals surface area contributed by atoms with Gasteiger partial charge in [0.2, 0.25) is 0 Å². The minimum Gasteiger partial charge on any atom is -0.377 e. The summed E-state index contributed by atoms with van der Waals surface area (Å²) in [5.41, 5.74) is 0. The van der Waals surface area contributed by atoms with E-state index in [0.717, 1.165) is 38.1 Å². The van der Waals surface area contributed by atoms with Gasteiger partial charge < -0.3 is 10.1 Å². The lowest BCUT2D eigenvalue weighted by molar-refractivity contribution is -0.00878. The number of rotatable bonds is 4. The predicted molar refractivity (Wildman–Crippen MR) is 71.2 cm³/mol. The minimum atomic E-state index is 0.525. The highest BCUT2D eigenvalue weighted by Gasteiger charge is 2.24. The van der Waals surface area contributed by atoms with Gasteiger partial charge in [-0.3, -0.25) is 4.90 Å². The van der Waals surface area contributed by atoms with E-state index in [4.69, 9.17) is 4.74 Å². The third kappa shape index (κ3) is 4.57. The number of piperazine rings is 1. The molecule has 3 heteroatoms. The van der Waals surface area contributed by atoms with Gasteiger partial charge in [0.25, 0.3) is 0 Å². The Bertz CT molecular complexity index is 206. The van der Waals surface area contributed by atoms with Gasteiger partial charge in [-0.2, -0.15) is 0 Å². The second-order valence-corrected chi connectivity index (χ2v) is 6.00. The molecule has 1 aliphatic carbocycles. The van der Waals surface area contributed by atoms with Crippen LogP contribution in [0.3, 0.4) is 0 Å². The maximum Gasteiger partial charge on any atom is 0.0597 e. The summed E-state index contributed by atoms with van der Waals surface area (Å²) in [7, 11) is 0. The quantitative estimate of drug-likeness (QED) is 0.810. The summed E-state index contributed by atoms with van der Waals surface area (Å²) >= 11 is 0. The highest BCUT2D eigenvalue weighted by Crippen LogP contribution is 2.30. The van der Waals surface area contributed by atoms with Gasteiger partial charge in [-0.05, 0) is 31.1 Å². The average Bonchev–Trinajstić information content (AvgIpc) is 2.29. The fraction of sp³-hybridized carbons (Fsp3) is 1.00. The average molecular weight is 240 g/mol. The van der Waals surface area contributed by atoms with E-state index in [2.05, 4.69) is 24.1 Å². The molecular formula is C14H28N2O. The molecule has 0 aromatic carbocycles. The van der Waals surface area contributed by atoms with Crippen molar-refractivity contribution >= 4 is 0 Å². The third-order valence-corrected chi connectivity index (χ3v) is 4.11. The zero-order valence-electron chi connectivity index (χ0n) is 11.5. The maximum absolute atomic E-state index is 6.06. The van der Waals surface area contributed by atoms with Crippen LogP contribution < -0.4 is 5.32 Å². The fourth-order valence-corrected chi connectivity index (χ4v) is 3.29. The number of hydrogen-bond donors (Lipinski definition) is 1. The molecule has 0 aromatic heterocycles. The SMILES string of the molecule is CC1CC(C)CC(OCCN2CCNCC2)C1. The lowest BCUT2D eigenvalue weighted by Gasteiger charge is -2.32. The first-order valence-corrected chi connectivity index (χ1v) is 7.28. The van der Waals surface area contributed by atoms with Crippen LogP contribution in [0.5, 0.6) is 0 Å². The van der Waals surface area contributed by atoms with Crippen molar-refractivity contribution in [2.45, 2.75) is 39.2 Å². The highest BCUT2D eigenvalue weighted by molar-refractivity contribution is 4.75. The standard InChI is InChI=1S/C14H28N2O/c1-12-9-13(2)11-14(10-12)17-8-7-16-5-3-15-4-6-16/h12-15H,3-11H2,1-2H3. The van der Waals surface area contributed by atoms with Crippen LogP contribution in [0.15, 0.2) is 0 Å². The van der Waals surface area contributed by atoms with Gasteiger partial charge in [0.05, 0.1) is 12.7 Å². The maximum atomic E-state index is 6.06. The summed E-state index contributed by atoms with van der Waals surface area (Å²) in [6, 6.07) is 0. The van der Waals surface area contributed by atoms with Crippen LogP contribution in [0.25, 0.3) is 0 Å². The first kappa shape index (κ1) is 13.3. The smallest absolute Gasteiger partial charge is 0.0597 e. The van der Waals surface area contributed by atoms with Gasteiger partial charge >= 0.3 is 0 Å². The molecule has 0 spiro atoms. The van der Waals surface area contributed by atoms with Crippen LogP contribution in [-0.2, 0) is 4.74 Å². The van der Waals surface area contributed by atoms with E-state index < -0.39 is 0 Å². The van der Waals surface area contributed by atoms with Gasteiger partial charge in [-0.1, -0.05) is 13.8 Å². The van der Waals surface area contributed by atoms with Crippen molar-refractivity contribution in [1.82, 2.24) is 10.2 Å². The van der Waals surface area contributed by atoms with Gasteiger partial charge in [0, 0.05) is 32.7 Å². The fourth-order valence-electron chi connectivity index (χ4n) is 3.29. The Labute approximate surface area is 106 Å². The second-order valence-electron chi connectivity index (χ2n) is 6.00. The molecule has 0 aromatic rings. The van der Waals surface area contributed by atoms with Crippen LogP contribution in [0.4, 0.5) is 0 Å². The molecule has 17 heavy (non-hydrogen) atoms. The van der Waals surface area contributed by atoms with Crippen molar-refractivity contribution in [2.24, 2.45) is 11.8 Å². The lowest BCUT2D eigenvalue weighted by atomic mass is 9.82. The number of nitrogens with zero attached hydrogens (tertiary/aromatic N) is 1. The Balaban J connectivity index is 1.60. The van der Waals surface area contributed by atoms with Crippen LogP contribution in [-0.4, -0.2) is 50.3 Å². The topological polar surface area (TPSA) is 24.5 Å². The van der Waals surface area contributed by atoms with Crippen molar-refractivity contribution in [3.8, 4) is 0 Å². The lowest BCUT2D eigenvalue weighted by Crippen LogP contribution is -2.45. The summed E-state index contributed by atoms with van der Waals surface area (Å²) in [5.74, 6) is 1.70. The number of nitrogens with one attached hydrogen (secondary N) is 1. The molecule has 0 radical (unpaired) electrons. The first-order valence-electron chi connectivity index (χ1n) is 7.28. The van der Waals surface area contributed by atoms with E-state index in [1.807, 2.05) is 0 Å². The number of ether oxygens (including phenoxy) is 1. The number of hydrogen-bond acceptors (Lipinski definition) is 3.